The van der Waals surface area contributed by atoms with Crippen molar-refractivity contribution in [3.05, 3.63) is 38.9 Å². The molecule has 0 aromatic heterocycles. The predicted octanol–water partition coefficient (Wildman–Crippen LogP) is 3.21. The average molecular weight is 312 g/mol. The van der Waals surface area contributed by atoms with E-state index in [0.29, 0.717) is 11.1 Å². The Morgan fingerprint density at radius 1 is 1.48 bits per heavy atom. The third-order valence-electron chi connectivity index (χ3n) is 4.00. The van der Waals surface area contributed by atoms with Crippen molar-refractivity contribution in [1.82, 2.24) is 10.2 Å². The lowest BCUT2D eigenvalue weighted by atomic mass is 10.0. The van der Waals surface area contributed by atoms with E-state index in [1.165, 1.54) is 31.4 Å². The van der Waals surface area contributed by atoms with Crippen LogP contribution in [-0.2, 0) is 6.54 Å². The fourth-order valence-electron chi connectivity index (χ4n) is 2.81. The summed E-state index contributed by atoms with van der Waals surface area (Å²) in [7, 11) is 0. The molecule has 1 fully saturated rings. The molecule has 6 heteroatoms. The number of nitrogens with one attached hydrogen (secondary N) is 1. The predicted molar refractivity (Wildman–Crippen MR) is 84.7 cm³/mol. The van der Waals surface area contributed by atoms with Crippen molar-refractivity contribution in [2.45, 2.75) is 38.8 Å². The Bertz CT molecular complexity index is 496. The number of rotatable bonds is 6. The van der Waals surface area contributed by atoms with Crippen molar-refractivity contribution in [3.8, 4) is 0 Å². The number of nitrogens with zero attached hydrogens (tertiary/aromatic N) is 2. The van der Waals surface area contributed by atoms with Crippen molar-refractivity contribution < 1.29 is 4.92 Å². The van der Waals surface area contributed by atoms with Gasteiger partial charge in [0, 0.05) is 31.3 Å². The van der Waals surface area contributed by atoms with Gasteiger partial charge in [0.25, 0.3) is 5.69 Å². The number of hydrogen-bond donors (Lipinski definition) is 1. The molecule has 0 radical (unpaired) electrons. The van der Waals surface area contributed by atoms with Gasteiger partial charge >= 0.3 is 0 Å². The molecular formula is C15H22ClN3O2. The number of nitro benzene ring substituents is 1. The van der Waals surface area contributed by atoms with Crippen LogP contribution in [0.25, 0.3) is 0 Å². The van der Waals surface area contributed by atoms with Crippen LogP contribution in [0.2, 0.25) is 5.02 Å². The third kappa shape index (κ3) is 4.40. The summed E-state index contributed by atoms with van der Waals surface area (Å²) in [5, 5.41) is 14.6. The second-order valence-electron chi connectivity index (χ2n) is 5.46. The van der Waals surface area contributed by atoms with Gasteiger partial charge in [-0.05, 0) is 37.6 Å². The van der Waals surface area contributed by atoms with Crippen molar-refractivity contribution in [2.24, 2.45) is 0 Å². The van der Waals surface area contributed by atoms with Crippen molar-refractivity contribution in [2.75, 3.05) is 19.6 Å². The summed E-state index contributed by atoms with van der Waals surface area (Å²) in [6.07, 6.45) is 3.66. The van der Waals surface area contributed by atoms with Gasteiger partial charge in [0.15, 0.2) is 0 Å². The second kappa shape index (κ2) is 7.73. The van der Waals surface area contributed by atoms with Crippen molar-refractivity contribution in [3.63, 3.8) is 0 Å². The smallest absolute Gasteiger partial charge is 0.270 e. The fraction of sp³-hybridized carbons (Fsp3) is 0.600. The number of benzene rings is 1. The molecule has 1 heterocycles. The molecule has 0 saturated carbocycles. The van der Waals surface area contributed by atoms with Gasteiger partial charge in [-0.1, -0.05) is 24.9 Å². The van der Waals surface area contributed by atoms with Crippen LogP contribution in [0.1, 0.15) is 31.7 Å². The molecule has 2 rings (SSSR count). The minimum Gasteiger partial charge on any atom is -0.315 e. The van der Waals surface area contributed by atoms with E-state index in [4.69, 9.17) is 11.6 Å². The molecule has 0 aliphatic carbocycles. The molecule has 1 aromatic carbocycles. The van der Waals surface area contributed by atoms with Gasteiger partial charge in [0.05, 0.1) is 9.95 Å². The zero-order chi connectivity index (χ0) is 15.2. The Kier molecular flexibility index (Phi) is 5.96. The minimum atomic E-state index is -0.412. The molecule has 1 atom stereocenters. The maximum Gasteiger partial charge on any atom is 0.270 e. The van der Waals surface area contributed by atoms with E-state index in [-0.39, 0.29) is 5.69 Å². The molecule has 1 unspecified atom stereocenters. The van der Waals surface area contributed by atoms with Crippen LogP contribution in [0.15, 0.2) is 18.2 Å². The highest BCUT2D eigenvalue weighted by molar-refractivity contribution is 6.31. The van der Waals surface area contributed by atoms with Gasteiger partial charge in [0.2, 0.25) is 0 Å². The van der Waals surface area contributed by atoms with E-state index in [2.05, 4.69) is 17.1 Å². The van der Waals surface area contributed by atoms with Crippen molar-refractivity contribution >= 4 is 17.3 Å². The maximum absolute atomic E-state index is 10.8. The molecule has 21 heavy (non-hydrogen) atoms. The first-order chi connectivity index (χ1) is 10.1. The van der Waals surface area contributed by atoms with Crippen molar-refractivity contribution in [1.29, 1.82) is 0 Å². The Morgan fingerprint density at radius 3 is 2.95 bits per heavy atom. The summed E-state index contributed by atoms with van der Waals surface area (Å²) >= 11 is 6.20. The van der Waals surface area contributed by atoms with E-state index in [1.807, 2.05) is 0 Å². The summed E-state index contributed by atoms with van der Waals surface area (Å²) < 4.78 is 0. The Morgan fingerprint density at radius 2 is 2.29 bits per heavy atom. The molecule has 0 amide bonds. The third-order valence-corrected chi connectivity index (χ3v) is 4.35. The molecular weight excluding hydrogens is 290 g/mol. The van der Waals surface area contributed by atoms with Gasteiger partial charge in [-0.2, -0.15) is 0 Å². The van der Waals surface area contributed by atoms with Crippen LogP contribution >= 0.6 is 11.6 Å². The number of nitro groups is 1. The van der Waals surface area contributed by atoms with Gasteiger partial charge in [0.1, 0.15) is 0 Å². The minimum absolute atomic E-state index is 0.0478. The number of non-ortho nitro benzene ring substituents is 1. The first-order valence-electron chi connectivity index (χ1n) is 7.49. The summed E-state index contributed by atoms with van der Waals surface area (Å²) in [6, 6.07) is 5.27. The van der Waals surface area contributed by atoms with Gasteiger partial charge in [-0.15, -0.1) is 0 Å². The molecule has 1 aliphatic rings. The molecule has 1 aliphatic heterocycles. The Balaban J connectivity index is 2.06. The lowest BCUT2D eigenvalue weighted by Crippen LogP contribution is -2.44. The molecule has 0 spiro atoms. The summed E-state index contributed by atoms with van der Waals surface area (Å²) in [5.74, 6) is 0. The van der Waals surface area contributed by atoms with Crippen LogP contribution in [0.5, 0.6) is 0 Å². The van der Waals surface area contributed by atoms with Gasteiger partial charge in [-0.25, -0.2) is 0 Å². The monoisotopic (exact) mass is 311 g/mol. The average Bonchev–Trinajstić information content (AvgIpc) is 2.48. The summed E-state index contributed by atoms with van der Waals surface area (Å²) in [4.78, 5) is 12.8. The quantitative estimate of drug-likeness (QED) is 0.647. The van der Waals surface area contributed by atoms with Crippen LogP contribution in [0.4, 0.5) is 5.69 Å². The molecule has 0 bridgehead atoms. The molecule has 1 N–H and O–H groups in total. The first-order valence-corrected chi connectivity index (χ1v) is 7.87. The van der Waals surface area contributed by atoms with E-state index < -0.39 is 4.92 Å². The fourth-order valence-corrected chi connectivity index (χ4v) is 3.04. The SMILES string of the molecule is CCNCC1CCCCN1Cc1ccc([N+](=O)[O-])cc1Cl. The molecule has 1 aromatic rings. The number of piperidine rings is 1. The number of likely N-dealkylation sites (N-methyl/N-ethyl adjacent to an activating group) is 1. The summed E-state index contributed by atoms with van der Waals surface area (Å²) in [5.41, 5.74) is 1.01. The van der Waals surface area contributed by atoms with Crippen LogP contribution in [0, 0.1) is 10.1 Å². The highest BCUT2D eigenvalue weighted by Gasteiger charge is 2.23. The van der Waals surface area contributed by atoms with E-state index in [9.17, 15) is 10.1 Å². The van der Waals surface area contributed by atoms with Gasteiger partial charge in [-0.3, -0.25) is 15.0 Å². The number of likely N-dealkylation sites (tertiary alicyclic amines) is 1. The normalized spacial score (nSPS) is 19.6. The van der Waals surface area contributed by atoms with Crippen LogP contribution in [-0.4, -0.2) is 35.5 Å². The van der Waals surface area contributed by atoms with Gasteiger partial charge < -0.3 is 5.32 Å². The largest absolute Gasteiger partial charge is 0.315 e. The molecule has 116 valence electrons. The van der Waals surface area contributed by atoms with E-state index in [0.717, 1.165) is 31.7 Å². The molecule has 5 nitrogen and oxygen atoms in total. The van der Waals surface area contributed by atoms with Crippen LogP contribution in [0.3, 0.4) is 0 Å². The Labute approximate surface area is 130 Å². The standard InChI is InChI=1S/C15H22ClN3O2/c1-2-17-10-14-5-3-4-8-18(14)11-12-6-7-13(19(20)21)9-15(12)16/h6-7,9,14,17H,2-5,8,10-11H2,1H3. The van der Waals surface area contributed by atoms with E-state index in [1.54, 1.807) is 6.07 Å². The topological polar surface area (TPSA) is 58.4 Å². The van der Waals surface area contributed by atoms with Crippen LogP contribution < -0.4 is 5.32 Å². The highest BCUT2D eigenvalue weighted by atomic mass is 35.5. The zero-order valence-electron chi connectivity index (χ0n) is 12.3. The zero-order valence-corrected chi connectivity index (χ0v) is 13.1. The Hall–Kier alpha value is -1.17. The lowest BCUT2D eigenvalue weighted by molar-refractivity contribution is -0.384. The maximum atomic E-state index is 10.8. The number of hydrogen-bond acceptors (Lipinski definition) is 4. The summed E-state index contributed by atoms with van der Waals surface area (Å²) in [6.45, 7) is 5.89. The highest BCUT2D eigenvalue weighted by Crippen LogP contribution is 2.26. The first kappa shape index (κ1) is 16.2. The number of halogens is 1. The second-order valence-corrected chi connectivity index (χ2v) is 5.87. The lowest BCUT2D eigenvalue weighted by Gasteiger charge is -2.36. The molecule has 1 saturated heterocycles. The van der Waals surface area contributed by atoms with E-state index >= 15 is 0 Å².